The molecule has 0 saturated heterocycles. The number of methoxy groups -OCH3 is 1. The number of hydrogen-bond donors (Lipinski definition) is 1. The van der Waals surface area contributed by atoms with Crippen molar-refractivity contribution in [2.24, 2.45) is 0 Å². The summed E-state index contributed by atoms with van der Waals surface area (Å²) in [6.07, 6.45) is 0. The fraction of sp³-hybridized carbons (Fsp3) is 0.0909. The molecular formula is C11H9N2O3S-. The number of aromatic nitrogens is 1. The van der Waals surface area contributed by atoms with E-state index >= 15 is 0 Å². The summed E-state index contributed by atoms with van der Waals surface area (Å²) in [5.41, 5.74) is 0.746. The summed E-state index contributed by atoms with van der Waals surface area (Å²) in [5.74, 6) is -0.519. The summed E-state index contributed by atoms with van der Waals surface area (Å²) in [6.45, 7) is 0. The highest BCUT2D eigenvalue weighted by Gasteiger charge is 2.02. The molecule has 5 nitrogen and oxygen atoms in total. The van der Waals surface area contributed by atoms with Crippen LogP contribution in [-0.4, -0.2) is 18.1 Å². The van der Waals surface area contributed by atoms with Crippen LogP contribution in [0.5, 0.6) is 5.75 Å². The van der Waals surface area contributed by atoms with E-state index in [1.54, 1.807) is 19.2 Å². The fourth-order valence-corrected chi connectivity index (χ4v) is 1.92. The molecule has 0 aliphatic carbocycles. The topological polar surface area (TPSA) is 74.3 Å². The Bertz CT molecular complexity index is 522. The Kier molecular flexibility index (Phi) is 3.24. The lowest BCUT2D eigenvalue weighted by atomic mass is 10.3. The molecule has 2 aromatic rings. The minimum Gasteiger partial charge on any atom is -0.543 e. The first-order valence-electron chi connectivity index (χ1n) is 4.77. The van der Waals surface area contributed by atoms with Gasteiger partial charge in [-0.15, -0.1) is 11.3 Å². The van der Waals surface area contributed by atoms with Gasteiger partial charge in [0, 0.05) is 11.1 Å². The third-order valence-corrected chi connectivity index (χ3v) is 2.81. The van der Waals surface area contributed by atoms with E-state index in [4.69, 9.17) is 4.74 Å². The summed E-state index contributed by atoms with van der Waals surface area (Å²) >= 11 is 1.21. The molecular weight excluding hydrogens is 240 g/mol. The Balaban J connectivity index is 2.11. The van der Waals surface area contributed by atoms with Gasteiger partial charge in [-0.05, 0) is 24.3 Å². The van der Waals surface area contributed by atoms with Crippen LogP contribution in [-0.2, 0) is 0 Å². The second-order valence-corrected chi connectivity index (χ2v) is 4.04. The average Bonchev–Trinajstić information content (AvgIpc) is 2.79. The Hall–Kier alpha value is -2.08. The quantitative estimate of drug-likeness (QED) is 0.883. The summed E-state index contributed by atoms with van der Waals surface area (Å²) in [6, 6.07) is 7.24. The standard InChI is InChI=1S/C11H10N2O3S/c1-16-8-4-2-7(3-5-8)12-11-13-9(6-17-11)10(14)15/h2-6H,1H3,(H,12,13)(H,14,15)/p-1. The highest BCUT2D eigenvalue weighted by atomic mass is 32.1. The van der Waals surface area contributed by atoms with Gasteiger partial charge in [-0.3, -0.25) is 0 Å². The first kappa shape index (κ1) is 11.4. The van der Waals surface area contributed by atoms with Crippen molar-refractivity contribution in [3.63, 3.8) is 0 Å². The van der Waals surface area contributed by atoms with E-state index in [9.17, 15) is 9.90 Å². The van der Waals surface area contributed by atoms with E-state index in [2.05, 4.69) is 10.3 Å². The van der Waals surface area contributed by atoms with Crippen LogP contribution < -0.4 is 15.2 Å². The van der Waals surface area contributed by atoms with Crippen molar-refractivity contribution in [1.29, 1.82) is 0 Å². The predicted octanol–water partition coefficient (Wildman–Crippen LogP) is 1.26. The Morgan fingerprint density at radius 2 is 2.12 bits per heavy atom. The van der Waals surface area contributed by atoms with E-state index in [1.807, 2.05) is 12.1 Å². The molecule has 1 aromatic heterocycles. The number of benzene rings is 1. The maximum atomic E-state index is 10.5. The number of hydrogen-bond acceptors (Lipinski definition) is 6. The van der Waals surface area contributed by atoms with Crippen molar-refractivity contribution in [2.45, 2.75) is 0 Å². The van der Waals surface area contributed by atoms with E-state index in [-0.39, 0.29) is 5.69 Å². The molecule has 6 heteroatoms. The zero-order chi connectivity index (χ0) is 12.3. The summed E-state index contributed by atoms with van der Waals surface area (Å²) < 4.78 is 5.03. The highest BCUT2D eigenvalue weighted by Crippen LogP contribution is 2.22. The molecule has 1 N–H and O–H groups in total. The molecule has 0 atom stereocenters. The second kappa shape index (κ2) is 4.84. The van der Waals surface area contributed by atoms with Crippen molar-refractivity contribution in [3.8, 4) is 5.75 Å². The van der Waals surface area contributed by atoms with Crippen molar-refractivity contribution in [1.82, 2.24) is 4.98 Å². The van der Waals surface area contributed by atoms with Gasteiger partial charge >= 0.3 is 0 Å². The number of anilines is 2. The third-order valence-electron chi connectivity index (χ3n) is 2.05. The van der Waals surface area contributed by atoms with Crippen molar-refractivity contribution < 1.29 is 14.6 Å². The zero-order valence-corrected chi connectivity index (χ0v) is 9.78. The summed E-state index contributed by atoms with van der Waals surface area (Å²) in [7, 11) is 1.59. The summed E-state index contributed by atoms with van der Waals surface area (Å²) in [5, 5.41) is 15.5. The summed E-state index contributed by atoms with van der Waals surface area (Å²) in [4.78, 5) is 14.4. The van der Waals surface area contributed by atoms with Crippen LogP contribution in [0.1, 0.15) is 10.5 Å². The number of thiazole rings is 1. The number of nitrogens with one attached hydrogen (secondary N) is 1. The molecule has 0 spiro atoms. The van der Waals surface area contributed by atoms with Gasteiger partial charge in [0.2, 0.25) is 0 Å². The van der Waals surface area contributed by atoms with Crippen molar-refractivity contribution in [3.05, 3.63) is 35.3 Å². The molecule has 0 bridgehead atoms. The number of carboxylic acid groups (broad SMARTS) is 1. The molecule has 1 aromatic carbocycles. The molecule has 88 valence electrons. The molecule has 0 aliphatic rings. The Morgan fingerprint density at radius 1 is 1.41 bits per heavy atom. The van der Waals surface area contributed by atoms with Crippen LogP contribution in [0.4, 0.5) is 10.8 Å². The van der Waals surface area contributed by atoms with Gasteiger partial charge in [0.05, 0.1) is 18.8 Å². The lowest BCUT2D eigenvalue weighted by molar-refractivity contribution is -0.255. The van der Waals surface area contributed by atoms with Crippen LogP contribution in [0.3, 0.4) is 0 Å². The number of aromatic carboxylic acids is 1. The largest absolute Gasteiger partial charge is 0.543 e. The van der Waals surface area contributed by atoms with E-state index in [0.717, 1.165) is 11.4 Å². The number of ether oxygens (including phenoxy) is 1. The Labute approximate surface area is 102 Å². The fourth-order valence-electron chi connectivity index (χ4n) is 1.22. The van der Waals surface area contributed by atoms with Crippen LogP contribution in [0.15, 0.2) is 29.6 Å². The number of rotatable bonds is 4. The lowest BCUT2D eigenvalue weighted by Gasteiger charge is -2.03. The maximum absolute atomic E-state index is 10.5. The molecule has 0 fully saturated rings. The minimum atomic E-state index is -1.27. The molecule has 2 rings (SSSR count). The number of carbonyl (C=O) groups excluding carboxylic acids is 1. The third kappa shape index (κ3) is 2.73. The smallest absolute Gasteiger partial charge is 0.187 e. The Morgan fingerprint density at radius 3 is 2.65 bits per heavy atom. The van der Waals surface area contributed by atoms with E-state index in [1.165, 1.54) is 16.7 Å². The van der Waals surface area contributed by atoms with Crippen LogP contribution in [0, 0.1) is 0 Å². The number of carboxylic acids is 1. The molecule has 0 saturated carbocycles. The normalized spacial score (nSPS) is 9.94. The van der Waals surface area contributed by atoms with Crippen LogP contribution >= 0.6 is 11.3 Å². The first-order chi connectivity index (χ1) is 8.19. The average molecular weight is 249 g/mol. The van der Waals surface area contributed by atoms with Gasteiger partial charge in [0.1, 0.15) is 5.75 Å². The van der Waals surface area contributed by atoms with Crippen LogP contribution in [0.2, 0.25) is 0 Å². The van der Waals surface area contributed by atoms with E-state index in [0.29, 0.717) is 5.13 Å². The lowest BCUT2D eigenvalue weighted by Crippen LogP contribution is -2.22. The zero-order valence-electron chi connectivity index (χ0n) is 8.97. The van der Waals surface area contributed by atoms with Crippen molar-refractivity contribution in [2.75, 3.05) is 12.4 Å². The van der Waals surface area contributed by atoms with Crippen LogP contribution in [0.25, 0.3) is 0 Å². The molecule has 1 heterocycles. The molecule has 0 aliphatic heterocycles. The predicted molar refractivity (Wildman–Crippen MR) is 62.7 cm³/mol. The number of carbonyl (C=O) groups is 1. The second-order valence-electron chi connectivity index (χ2n) is 3.18. The highest BCUT2D eigenvalue weighted by molar-refractivity contribution is 7.14. The van der Waals surface area contributed by atoms with Gasteiger partial charge < -0.3 is 20.0 Å². The first-order valence-corrected chi connectivity index (χ1v) is 5.65. The van der Waals surface area contributed by atoms with E-state index < -0.39 is 5.97 Å². The van der Waals surface area contributed by atoms with Gasteiger partial charge in [-0.1, -0.05) is 0 Å². The number of nitrogens with zero attached hydrogens (tertiary/aromatic N) is 1. The maximum Gasteiger partial charge on any atom is 0.187 e. The molecule has 0 amide bonds. The van der Waals surface area contributed by atoms with Crippen molar-refractivity contribution >= 4 is 28.1 Å². The minimum absolute atomic E-state index is 0.0639. The van der Waals surface area contributed by atoms with Gasteiger partial charge in [-0.25, -0.2) is 4.98 Å². The van der Waals surface area contributed by atoms with Gasteiger partial charge in [-0.2, -0.15) is 0 Å². The molecule has 0 unspecified atom stereocenters. The van der Waals surface area contributed by atoms with Gasteiger partial charge in [0.15, 0.2) is 5.13 Å². The molecule has 0 radical (unpaired) electrons. The monoisotopic (exact) mass is 249 g/mol. The molecule has 17 heavy (non-hydrogen) atoms. The van der Waals surface area contributed by atoms with Gasteiger partial charge in [0.25, 0.3) is 0 Å². The SMILES string of the molecule is COc1ccc(Nc2nc(C(=O)[O-])cs2)cc1.